The van der Waals surface area contributed by atoms with E-state index >= 15 is 0 Å². The summed E-state index contributed by atoms with van der Waals surface area (Å²) < 4.78 is 1.88. The Morgan fingerprint density at radius 1 is 1.47 bits per heavy atom. The first kappa shape index (κ1) is 10.2. The van der Waals surface area contributed by atoms with Gasteiger partial charge in [-0.2, -0.15) is 4.58 Å². The molecule has 2 rings (SSSR count). The molecule has 1 N–H and O–H groups in total. The number of carboxylic acids is 1. The van der Waals surface area contributed by atoms with Crippen LogP contribution in [0.1, 0.15) is 6.92 Å². The summed E-state index contributed by atoms with van der Waals surface area (Å²) in [5.74, 6) is -0.140. The lowest BCUT2D eigenvalue weighted by molar-refractivity contribution is -0.461. The summed E-state index contributed by atoms with van der Waals surface area (Å²) in [6, 6.07) is 9.21. The molecule has 1 heterocycles. The molecule has 1 aromatic carbocycles. The highest BCUT2D eigenvalue weighted by molar-refractivity contribution is 8.13. The number of nitrogens with zero attached hydrogens (tertiary/aromatic N) is 1. The van der Waals surface area contributed by atoms with Crippen molar-refractivity contribution >= 4 is 28.5 Å². The molecule has 0 saturated heterocycles. The van der Waals surface area contributed by atoms with Crippen molar-refractivity contribution in [3.8, 4) is 0 Å². The van der Waals surface area contributed by atoms with Crippen molar-refractivity contribution < 1.29 is 14.5 Å². The molecule has 1 aromatic rings. The number of hydrogen-bond acceptors (Lipinski definition) is 2. The summed E-state index contributed by atoms with van der Waals surface area (Å²) in [4.78, 5) is 11.1. The molecule has 0 spiro atoms. The highest BCUT2D eigenvalue weighted by atomic mass is 32.2. The number of thioether (sulfide) groups is 1. The zero-order valence-corrected chi connectivity index (χ0v) is 9.20. The Labute approximate surface area is 92.4 Å². The van der Waals surface area contributed by atoms with Gasteiger partial charge in [0.25, 0.3) is 6.04 Å². The van der Waals surface area contributed by atoms with Crippen LogP contribution in [0.15, 0.2) is 30.3 Å². The van der Waals surface area contributed by atoms with Crippen molar-refractivity contribution in [1.29, 1.82) is 0 Å². The third-order valence-corrected chi connectivity index (χ3v) is 3.52. The second-order valence-electron chi connectivity index (χ2n) is 3.39. The number of para-hydroxylation sites is 1. The fourth-order valence-electron chi connectivity index (χ4n) is 1.70. The number of carbonyl (C=O) groups is 1. The predicted molar refractivity (Wildman–Crippen MR) is 60.9 cm³/mol. The van der Waals surface area contributed by atoms with E-state index in [4.69, 9.17) is 5.11 Å². The van der Waals surface area contributed by atoms with E-state index in [1.807, 2.05) is 41.8 Å². The van der Waals surface area contributed by atoms with Gasteiger partial charge < -0.3 is 5.11 Å². The molecule has 1 aliphatic heterocycles. The summed E-state index contributed by atoms with van der Waals surface area (Å²) in [6.07, 6.45) is 0. The third kappa shape index (κ3) is 1.90. The predicted octanol–water partition coefficient (Wildman–Crippen LogP) is 1.95. The standard InChI is InChI=1S/C11H11NO2S/c1-8-12(9-5-3-2-4-6-9)10(7-15-8)11(13)14/h2-6,10H,7H2,1H3/p+1. The number of hydrogen-bond donors (Lipinski definition) is 1. The first-order valence-corrected chi connectivity index (χ1v) is 5.72. The van der Waals surface area contributed by atoms with Crippen LogP contribution in [0, 0.1) is 0 Å². The molecule has 0 aliphatic carbocycles. The van der Waals surface area contributed by atoms with Crippen molar-refractivity contribution in [2.45, 2.75) is 13.0 Å². The van der Waals surface area contributed by atoms with Gasteiger partial charge in [0.1, 0.15) is 0 Å². The summed E-state index contributed by atoms with van der Waals surface area (Å²) in [6.45, 7) is 1.96. The molecule has 0 aromatic heterocycles. The van der Waals surface area contributed by atoms with Crippen molar-refractivity contribution in [2.75, 3.05) is 5.75 Å². The van der Waals surface area contributed by atoms with Crippen LogP contribution in [0.3, 0.4) is 0 Å². The van der Waals surface area contributed by atoms with Crippen LogP contribution < -0.4 is 0 Å². The summed E-state index contributed by atoms with van der Waals surface area (Å²) in [7, 11) is 0. The van der Waals surface area contributed by atoms with Gasteiger partial charge in [-0.15, -0.1) is 0 Å². The lowest BCUT2D eigenvalue weighted by atomic mass is 10.2. The maximum Gasteiger partial charge on any atom is 0.374 e. The third-order valence-electron chi connectivity index (χ3n) is 2.42. The minimum Gasteiger partial charge on any atom is -0.476 e. The van der Waals surface area contributed by atoms with Gasteiger partial charge in [0.15, 0.2) is 0 Å². The van der Waals surface area contributed by atoms with Crippen LogP contribution in [-0.2, 0) is 4.79 Å². The fraction of sp³-hybridized carbons (Fsp3) is 0.273. The van der Waals surface area contributed by atoms with Gasteiger partial charge >= 0.3 is 5.97 Å². The van der Waals surface area contributed by atoms with Crippen LogP contribution in [0.2, 0.25) is 0 Å². The van der Waals surface area contributed by atoms with E-state index in [9.17, 15) is 4.79 Å². The van der Waals surface area contributed by atoms with Crippen LogP contribution in [-0.4, -0.2) is 32.5 Å². The molecule has 0 amide bonds. The minimum absolute atomic E-state index is 0.433. The second-order valence-corrected chi connectivity index (χ2v) is 4.60. The lowest BCUT2D eigenvalue weighted by Gasteiger charge is -2.04. The van der Waals surface area contributed by atoms with Gasteiger partial charge in [-0.25, -0.2) is 4.79 Å². The van der Waals surface area contributed by atoms with Gasteiger partial charge in [0.2, 0.25) is 10.7 Å². The molecule has 78 valence electrons. The van der Waals surface area contributed by atoms with Gasteiger partial charge in [0, 0.05) is 19.1 Å². The SMILES string of the molecule is CC1=[N+](c2ccccc2)C(C(=O)O)CS1. The molecule has 1 unspecified atom stereocenters. The van der Waals surface area contributed by atoms with E-state index < -0.39 is 12.0 Å². The summed E-state index contributed by atoms with van der Waals surface area (Å²) in [5.41, 5.74) is 0.951. The molecular weight excluding hydrogens is 210 g/mol. The van der Waals surface area contributed by atoms with E-state index in [2.05, 4.69) is 0 Å². The Hall–Kier alpha value is -1.29. The molecule has 1 atom stereocenters. The van der Waals surface area contributed by atoms with Crippen molar-refractivity contribution in [2.24, 2.45) is 0 Å². The highest BCUT2D eigenvalue weighted by Crippen LogP contribution is 2.25. The number of benzene rings is 1. The van der Waals surface area contributed by atoms with E-state index in [1.165, 1.54) is 0 Å². The molecule has 0 bridgehead atoms. The van der Waals surface area contributed by atoms with Crippen LogP contribution in [0.4, 0.5) is 5.69 Å². The normalized spacial score (nSPS) is 20.7. The van der Waals surface area contributed by atoms with Gasteiger partial charge in [-0.05, 0) is 0 Å². The molecule has 1 aliphatic rings. The Bertz CT molecular complexity index is 414. The second kappa shape index (κ2) is 4.06. The minimum atomic E-state index is -0.761. The van der Waals surface area contributed by atoms with Crippen molar-refractivity contribution in [3.63, 3.8) is 0 Å². The Balaban J connectivity index is 2.42. The van der Waals surface area contributed by atoms with Crippen molar-refractivity contribution in [3.05, 3.63) is 30.3 Å². The molecule has 0 fully saturated rings. The number of carboxylic acid groups (broad SMARTS) is 1. The molecule has 15 heavy (non-hydrogen) atoms. The van der Waals surface area contributed by atoms with Gasteiger partial charge in [-0.3, -0.25) is 0 Å². The Kier molecular flexibility index (Phi) is 2.77. The average molecular weight is 222 g/mol. The molecule has 0 saturated carbocycles. The summed E-state index contributed by atoms with van der Waals surface area (Å²) in [5, 5.41) is 10.1. The number of rotatable bonds is 2. The van der Waals surface area contributed by atoms with E-state index in [0.29, 0.717) is 5.75 Å². The fourth-order valence-corrected chi connectivity index (χ4v) is 2.76. The van der Waals surface area contributed by atoms with Gasteiger partial charge in [-0.1, -0.05) is 30.0 Å². The monoisotopic (exact) mass is 222 g/mol. The van der Waals surface area contributed by atoms with E-state index in [1.54, 1.807) is 11.8 Å². The van der Waals surface area contributed by atoms with Crippen LogP contribution in [0.25, 0.3) is 0 Å². The highest BCUT2D eigenvalue weighted by Gasteiger charge is 2.38. The maximum absolute atomic E-state index is 11.1. The Morgan fingerprint density at radius 2 is 2.13 bits per heavy atom. The number of aliphatic carboxylic acids is 1. The molecule has 4 heteroatoms. The average Bonchev–Trinajstić information content (AvgIpc) is 2.61. The van der Waals surface area contributed by atoms with Gasteiger partial charge in [0.05, 0.1) is 5.75 Å². The Morgan fingerprint density at radius 3 is 2.73 bits per heavy atom. The molecular formula is C11H12NO2S+. The van der Waals surface area contributed by atoms with Crippen LogP contribution in [0.5, 0.6) is 0 Å². The smallest absolute Gasteiger partial charge is 0.374 e. The van der Waals surface area contributed by atoms with E-state index in [-0.39, 0.29) is 0 Å². The quantitative estimate of drug-likeness (QED) is 0.777. The first-order chi connectivity index (χ1) is 7.20. The molecule has 0 radical (unpaired) electrons. The van der Waals surface area contributed by atoms with E-state index in [0.717, 1.165) is 10.7 Å². The first-order valence-electron chi connectivity index (χ1n) is 4.73. The van der Waals surface area contributed by atoms with Crippen molar-refractivity contribution in [1.82, 2.24) is 0 Å². The molecule has 3 nitrogen and oxygen atoms in total. The largest absolute Gasteiger partial charge is 0.476 e. The van der Waals surface area contributed by atoms with Crippen LogP contribution >= 0.6 is 11.8 Å². The maximum atomic E-state index is 11.1. The zero-order chi connectivity index (χ0) is 10.8. The lowest BCUT2D eigenvalue weighted by Crippen LogP contribution is -2.30. The topological polar surface area (TPSA) is 40.3 Å². The zero-order valence-electron chi connectivity index (χ0n) is 8.38. The summed E-state index contributed by atoms with van der Waals surface area (Å²) >= 11 is 1.60.